The summed E-state index contributed by atoms with van der Waals surface area (Å²) in [5.41, 5.74) is 0.978. The van der Waals surface area contributed by atoms with Gasteiger partial charge in [-0.1, -0.05) is 37.3 Å². The lowest BCUT2D eigenvalue weighted by molar-refractivity contribution is -0.00998. The van der Waals surface area contributed by atoms with Crippen LogP contribution in [0.1, 0.15) is 25.0 Å². The van der Waals surface area contributed by atoms with E-state index in [0.29, 0.717) is 6.61 Å². The largest absolute Gasteiger partial charge is 0.371 e. The molecule has 1 radical (unpaired) electrons. The second-order valence-electron chi connectivity index (χ2n) is 2.94. The van der Waals surface area contributed by atoms with Gasteiger partial charge in [0.2, 0.25) is 0 Å². The Morgan fingerprint density at radius 1 is 1.31 bits per heavy atom. The highest BCUT2D eigenvalue weighted by Crippen LogP contribution is 2.16. The van der Waals surface area contributed by atoms with Crippen molar-refractivity contribution in [2.75, 3.05) is 13.2 Å². The molecule has 0 saturated heterocycles. The Morgan fingerprint density at radius 3 is 2.54 bits per heavy atom. The van der Waals surface area contributed by atoms with Crippen LogP contribution in [0.2, 0.25) is 0 Å². The van der Waals surface area contributed by atoms with Gasteiger partial charge in [-0.2, -0.15) is 0 Å². The molecule has 13 heavy (non-hydrogen) atoms. The molecule has 0 aromatic heterocycles. The summed E-state index contributed by atoms with van der Waals surface area (Å²) in [5.74, 6) is 0. The highest BCUT2D eigenvalue weighted by atomic mass is 16.5. The minimum atomic E-state index is -0.277. The molecule has 1 rings (SSSR count). The average molecular weight is 179 g/mol. The molecule has 0 N–H and O–H groups in total. The quantitative estimate of drug-likeness (QED) is 0.683. The van der Waals surface area contributed by atoms with E-state index in [1.54, 1.807) is 0 Å². The van der Waals surface area contributed by atoms with Crippen LogP contribution >= 0.6 is 0 Å². The summed E-state index contributed by atoms with van der Waals surface area (Å²) in [5, 5.41) is 10.8. The summed E-state index contributed by atoms with van der Waals surface area (Å²) < 4.78 is 5.41. The predicted molar refractivity (Wildman–Crippen MR) is 51.0 cm³/mol. The topological polar surface area (TPSA) is 29.1 Å². The summed E-state index contributed by atoms with van der Waals surface area (Å²) >= 11 is 0. The first kappa shape index (κ1) is 10.2. The van der Waals surface area contributed by atoms with Crippen LogP contribution in [0.3, 0.4) is 0 Å². The van der Waals surface area contributed by atoms with Crippen LogP contribution in [0, 0.1) is 0 Å². The molecule has 0 fully saturated rings. The molecule has 1 atom stereocenters. The summed E-state index contributed by atoms with van der Waals surface area (Å²) in [7, 11) is 0. The number of ether oxygens (including phenoxy) is 1. The number of benzene rings is 1. The average Bonchev–Trinajstić information content (AvgIpc) is 2.21. The van der Waals surface area contributed by atoms with E-state index >= 15 is 0 Å². The molecule has 1 aromatic carbocycles. The van der Waals surface area contributed by atoms with Crippen LogP contribution < -0.4 is 0 Å². The van der Waals surface area contributed by atoms with E-state index in [-0.39, 0.29) is 12.7 Å². The van der Waals surface area contributed by atoms with Crippen LogP contribution in [0.5, 0.6) is 0 Å². The number of rotatable bonds is 5. The van der Waals surface area contributed by atoms with E-state index in [1.807, 2.05) is 37.3 Å². The van der Waals surface area contributed by atoms with Gasteiger partial charge in [-0.3, -0.25) is 0 Å². The second-order valence-corrected chi connectivity index (χ2v) is 2.94. The monoisotopic (exact) mass is 179 g/mol. The van der Waals surface area contributed by atoms with E-state index in [2.05, 4.69) is 0 Å². The van der Waals surface area contributed by atoms with Crippen LogP contribution in [-0.2, 0) is 9.84 Å². The first-order valence-corrected chi connectivity index (χ1v) is 4.63. The zero-order chi connectivity index (χ0) is 9.52. The van der Waals surface area contributed by atoms with Gasteiger partial charge >= 0.3 is 0 Å². The molecule has 71 valence electrons. The van der Waals surface area contributed by atoms with Crippen molar-refractivity contribution in [2.24, 2.45) is 0 Å². The van der Waals surface area contributed by atoms with Crippen molar-refractivity contribution >= 4 is 0 Å². The zero-order valence-corrected chi connectivity index (χ0v) is 7.90. The van der Waals surface area contributed by atoms with Crippen LogP contribution in [0.25, 0.3) is 0 Å². The zero-order valence-electron chi connectivity index (χ0n) is 7.90. The maximum absolute atomic E-state index is 10.8. The third kappa shape index (κ3) is 3.17. The van der Waals surface area contributed by atoms with Gasteiger partial charge in [0.15, 0.2) is 0 Å². The molecule has 0 heterocycles. The van der Waals surface area contributed by atoms with Gasteiger partial charge in [0, 0.05) is 6.61 Å². The molecule has 0 bridgehead atoms. The fraction of sp³-hybridized carbons (Fsp3) is 0.455. The van der Waals surface area contributed by atoms with E-state index in [1.165, 1.54) is 0 Å². The van der Waals surface area contributed by atoms with Crippen LogP contribution in [0.4, 0.5) is 0 Å². The minimum Gasteiger partial charge on any atom is -0.371 e. The van der Waals surface area contributed by atoms with E-state index in [4.69, 9.17) is 4.74 Å². The predicted octanol–water partition coefficient (Wildman–Crippen LogP) is 2.58. The van der Waals surface area contributed by atoms with Gasteiger partial charge in [0.05, 0.1) is 0 Å². The molecule has 2 nitrogen and oxygen atoms in total. The molecule has 0 aliphatic carbocycles. The van der Waals surface area contributed by atoms with Gasteiger partial charge in [-0.25, -0.2) is 5.11 Å². The van der Waals surface area contributed by atoms with Crippen molar-refractivity contribution in [2.45, 2.75) is 19.4 Å². The van der Waals surface area contributed by atoms with Crippen molar-refractivity contribution in [3.63, 3.8) is 0 Å². The van der Waals surface area contributed by atoms with Gasteiger partial charge in [0.1, 0.15) is 12.7 Å². The van der Waals surface area contributed by atoms with Gasteiger partial charge in [-0.15, -0.1) is 0 Å². The van der Waals surface area contributed by atoms with Gasteiger partial charge in [-0.05, 0) is 12.0 Å². The standard InChI is InChI=1S/C11H15O2/c1-2-8-13-11(9-12)10-6-4-3-5-7-10/h3-7,11H,2,8-9H2,1H3. The molecule has 0 saturated carbocycles. The lowest BCUT2D eigenvalue weighted by Crippen LogP contribution is -2.08. The Hall–Kier alpha value is -0.860. The van der Waals surface area contributed by atoms with Crippen molar-refractivity contribution in [3.05, 3.63) is 35.9 Å². The summed E-state index contributed by atoms with van der Waals surface area (Å²) in [6.07, 6.45) is 0.671. The number of hydrogen-bond donors (Lipinski definition) is 0. The maximum atomic E-state index is 10.8. The molecule has 2 heteroatoms. The Bertz CT molecular complexity index is 221. The molecule has 1 aromatic rings. The van der Waals surface area contributed by atoms with Crippen molar-refractivity contribution in [3.8, 4) is 0 Å². The fourth-order valence-electron chi connectivity index (χ4n) is 1.17. The van der Waals surface area contributed by atoms with Crippen molar-refractivity contribution < 1.29 is 9.84 Å². The third-order valence-corrected chi connectivity index (χ3v) is 1.85. The lowest BCUT2D eigenvalue weighted by atomic mass is 10.1. The normalized spacial score (nSPS) is 12.8. The first-order valence-electron chi connectivity index (χ1n) is 4.63. The Kier molecular flexibility index (Phi) is 4.50. The Balaban J connectivity index is 2.56. The second kappa shape index (κ2) is 5.73. The Labute approximate surface area is 79.2 Å². The molecule has 0 aliphatic rings. The highest BCUT2D eigenvalue weighted by Gasteiger charge is 2.09. The van der Waals surface area contributed by atoms with Gasteiger partial charge in [0.25, 0.3) is 0 Å². The molecule has 0 spiro atoms. The first-order chi connectivity index (χ1) is 6.38. The molecule has 0 aliphatic heterocycles. The fourth-order valence-corrected chi connectivity index (χ4v) is 1.17. The summed E-state index contributed by atoms with van der Waals surface area (Å²) in [6.45, 7) is 2.48. The van der Waals surface area contributed by atoms with Crippen molar-refractivity contribution in [1.82, 2.24) is 0 Å². The Morgan fingerprint density at radius 2 is 2.00 bits per heavy atom. The van der Waals surface area contributed by atoms with Gasteiger partial charge < -0.3 is 4.74 Å². The lowest BCUT2D eigenvalue weighted by Gasteiger charge is -2.13. The molecule has 1 unspecified atom stereocenters. The van der Waals surface area contributed by atoms with E-state index in [0.717, 1.165) is 12.0 Å². The van der Waals surface area contributed by atoms with E-state index in [9.17, 15) is 5.11 Å². The minimum absolute atomic E-state index is 0.204. The van der Waals surface area contributed by atoms with Crippen LogP contribution in [-0.4, -0.2) is 13.2 Å². The number of hydrogen-bond acceptors (Lipinski definition) is 1. The summed E-state index contributed by atoms with van der Waals surface area (Å²) in [6, 6.07) is 9.64. The van der Waals surface area contributed by atoms with Crippen LogP contribution in [0.15, 0.2) is 30.3 Å². The van der Waals surface area contributed by atoms with Crippen molar-refractivity contribution in [1.29, 1.82) is 0 Å². The molecule has 0 amide bonds. The molecular weight excluding hydrogens is 164 g/mol. The smallest absolute Gasteiger partial charge is 0.113 e. The maximum Gasteiger partial charge on any atom is 0.113 e. The highest BCUT2D eigenvalue weighted by molar-refractivity contribution is 5.17. The SMILES string of the molecule is CCCOC(C[O])c1ccccc1. The third-order valence-electron chi connectivity index (χ3n) is 1.85. The van der Waals surface area contributed by atoms with E-state index < -0.39 is 0 Å². The molecular formula is C11H15O2. The summed E-state index contributed by atoms with van der Waals surface area (Å²) in [4.78, 5) is 0.